The van der Waals surface area contributed by atoms with Gasteiger partial charge in [0.15, 0.2) is 0 Å². The fourth-order valence-electron chi connectivity index (χ4n) is 3.86. The maximum atomic E-state index is 13.9. The van der Waals surface area contributed by atoms with Crippen molar-refractivity contribution in [3.05, 3.63) is 58.7 Å². The Morgan fingerprint density at radius 1 is 0.852 bits per heavy atom. The molecule has 0 fully saturated rings. The van der Waals surface area contributed by atoms with Gasteiger partial charge in [-0.15, -0.1) is 0 Å². The summed E-state index contributed by atoms with van der Waals surface area (Å²) in [6, 6.07) is 12.1. The molecule has 0 bridgehead atoms. The lowest BCUT2D eigenvalue weighted by Crippen LogP contribution is -2.31. The van der Waals surface area contributed by atoms with Crippen LogP contribution < -0.4 is 4.31 Å². The summed E-state index contributed by atoms with van der Waals surface area (Å²) in [4.78, 5) is 0.522. The molecule has 0 N–H and O–H groups in total. The number of fused-ring (bicyclic) bond motifs is 1. The summed E-state index contributed by atoms with van der Waals surface area (Å²) in [6.07, 6.45) is 0.771. The SMILES string of the molecule is CC(C)c1cc(C(C)C)c(S(=O)(=O)N2CCc3ccccc32)c(C(C)C)c1. The lowest BCUT2D eigenvalue weighted by atomic mass is 9.89. The molecule has 2 aromatic rings. The highest BCUT2D eigenvalue weighted by Crippen LogP contribution is 2.40. The topological polar surface area (TPSA) is 37.4 Å². The van der Waals surface area contributed by atoms with Crippen molar-refractivity contribution in [2.75, 3.05) is 10.8 Å². The number of nitrogens with zero attached hydrogens (tertiary/aromatic N) is 1. The van der Waals surface area contributed by atoms with Crippen molar-refractivity contribution in [3.8, 4) is 0 Å². The standard InChI is InChI=1S/C23H31NO2S/c1-15(2)19-13-20(16(3)4)23(21(14-19)17(5)6)27(25,26)24-12-11-18-9-7-8-10-22(18)24/h7-10,13-17H,11-12H2,1-6H3. The summed E-state index contributed by atoms with van der Waals surface area (Å²) in [5, 5.41) is 0. The Bertz CT molecular complexity index is 914. The lowest BCUT2D eigenvalue weighted by molar-refractivity contribution is 0.586. The van der Waals surface area contributed by atoms with Gasteiger partial charge in [-0.2, -0.15) is 0 Å². The lowest BCUT2D eigenvalue weighted by Gasteiger charge is -2.27. The van der Waals surface area contributed by atoms with E-state index in [0.29, 0.717) is 17.4 Å². The largest absolute Gasteiger partial charge is 0.266 e. The maximum absolute atomic E-state index is 13.9. The van der Waals surface area contributed by atoms with Crippen molar-refractivity contribution in [1.82, 2.24) is 0 Å². The van der Waals surface area contributed by atoms with Crippen LogP contribution in [0.25, 0.3) is 0 Å². The maximum Gasteiger partial charge on any atom is 0.264 e. The first kappa shape index (κ1) is 19.9. The third kappa shape index (κ3) is 3.52. The zero-order valence-electron chi connectivity index (χ0n) is 17.3. The number of sulfonamides is 1. The fraction of sp³-hybridized carbons (Fsp3) is 0.478. The number of hydrogen-bond acceptors (Lipinski definition) is 2. The van der Waals surface area contributed by atoms with Crippen LogP contribution in [-0.4, -0.2) is 15.0 Å². The second-order valence-electron chi connectivity index (χ2n) is 8.45. The molecule has 2 aromatic carbocycles. The quantitative estimate of drug-likeness (QED) is 0.651. The molecule has 1 aliphatic rings. The first-order chi connectivity index (χ1) is 12.6. The Balaban J connectivity index is 2.26. The van der Waals surface area contributed by atoms with Gasteiger partial charge >= 0.3 is 0 Å². The molecule has 0 unspecified atom stereocenters. The molecule has 0 saturated heterocycles. The van der Waals surface area contributed by atoms with Gasteiger partial charge in [-0.25, -0.2) is 8.42 Å². The Kier molecular flexibility index (Phi) is 5.40. The van der Waals surface area contributed by atoms with Gasteiger partial charge in [-0.3, -0.25) is 4.31 Å². The molecule has 1 heterocycles. The van der Waals surface area contributed by atoms with Crippen LogP contribution in [0.15, 0.2) is 41.3 Å². The summed E-state index contributed by atoms with van der Waals surface area (Å²) in [5.74, 6) is 0.650. The van der Waals surface area contributed by atoms with Crippen molar-refractivity contribution in [2.45, 2.75) is 70.6 Å². The first-order valence-electron chi connectivity index (χ1n) is 9.93. The average Bonchev–Trinajstić information content (AvgIpc) is 3.05. The minimum Gasteiger partial charge on any atom is -0.266 e. The van der Waals surface area contributed by atoms with Gasteiger partial charge in [0.2, 0.25) is 0 Å². The molecule has 0 amide bonds. The van der Waals surface area contributed by atoms with Gasteiger partial charge < -0.3 is 0 Å². The van der Waals surface area contributed by atoms with Gasteiger partial charge in [-0.1, -0.05) is 71.9 Å². The van der Waals surface area contributed by atoms with Crippen LogP contribution in [-0.2, 0) is 16.4 Å². The smallest absolute Gasteiger partial charge is 0.264 e. The van der Waals surface area contributed by atoms with Crippen molar-refractivity contribution >= 4 is 15.7 Å². The van der Waals surface area contributed by atoms with E-state index < -0.39 is 10.0 Å². The molecule has 0 atom stereocenters. The highest BCUT2D eigenvalue weighted by molar-refractivity contribution is 7.93. The number of hydrogen-bond donors (Lipinski definition) is 0. The van der Waals surface area contributed by atoms with Crippen molar-refractivity contribution < 1.29 is 8.42 Å². The van der Waals surface area contributed by atoms with Crippen molar-refractivity contribution in [2.24, 2.45) is 0 Å². The van der Waals surface area contributed by atoms with E-state index in [1.165, 1.54) is 5.56 Å². The van der Waals surface area contributed by atoms with Gasteiger partial charge in [-0.05, 0) is 52.5 Å². The van der Waals surface area contributed by atoms with Crippen LogP contribution in [0.3, 0.4) is 0 Å². The second-order valence-corrected chi connectivity index (χ2v) is 10.2. The molecule has 4 heteroatoms. The molecule has 0 spiro atoms. The third-order valence-corrected chi connectivity index (χ3v) is 7.42. The molecule has 27 heavy (non-hydrogen) atoms. The molecule has 1 aliphatic heterocycles. The second kappa shape index (κ2) is 7.31. The molecular formula is C23H31NO2S. The van der Waals surface area contributed by atoms with Gasteiger partial charge in [0.1, 0.15) is 0 Å². The molecule has 0 radical (unpaired) electrons. The number of anilines is 1. The molecule has 0 aromatic heterocycles. The van der Waals surface area contributed by atoms with E-state index in [1.807, 2.05) is 24.3 Å². The normalized spacial score (nSPS) is 14.5. The Morgan fingerprint density at radius 2 is 1.41 bits per heavy atom. The van der Waals surface area contributed by atoms with E-state index >= 15 is 0 Å². The Labute approximate surface area is 164 Å². The minimum atomic E-state index is -3.61. The van der Waals surface area contributed by atoms with E-state index in [9.17, 15) is 8.42 Å². The molecule has 3 rings (SSSR count). The molecule has 0 aliphatic carbocycles. The predicted octanol–water partition coefficient (Wildman–Crippen LogP) is 5.81. The zero-order valence-corrected chi connectivity index (χ0v) is 18.1. The first-order valence-corrected chi connectivity index (χ1v) is 11.4. The van der Waals surface area contributed by atoms with E-state index in [1.54, 1.807) is 4.31 Å². The summed E-state index contributed by atoms with van der Waals surface area (Å²) < 4.78 is 29.3. The van der Waals surface area contributed by atoms with Gasteiger partial charge in [0.25, 0.3) is 10.0 Å². The van der Waals surface area contributed by atoms with Gasteiger partial charge in [0, 0.05) is 6.54 Å². The number of para-hydroxylation sites is 1. The van der Waals surface area contributed by atoms with E-state index in [0.717, 1.165) is 28.8 Å². The Hall–Kier alpha value is -1.81. The van der Waals surface area contributed by atoms with Crippen molar-refractivity contribution in [3.63, 3.8) is 0 Å². The average molecular weight is 386 g/mol. The van der Waals surface area contributed by atoms with Gasteiger partial charge in [0.05, 0.1) is 10.6 Å². The summed E-state index contributed by atoms with van der Waals surface area (Å²) in [5.41, 5.74) is 5.03. The highest BCUT2D eigenvalue weighted by atomic mass is 32.2. The van der Waals surface area contributed by atoms with Crippen LogP contribution in [0.1, 0.15) is 81.5 Å². The third-order valence-electron chi connectivity index (χ3n) is 5.47. The van der Waals surface area contributed by atoms with E-state index in [4.69, 9.17) is 0 Å². The fourth-order valence-corrected chi connectivity index (χ4v) is 6.03. The summed E-state index contributed by atoms with van der Waals surface area (Å²) >= 11 is 0. The number of benzene rings is 2. The van der Waals surface area contributed by atoms with E-state index in [2.05, 4.69) is 53.7 Å². The predicted molar refractivity (Wildman–Crippen MR) is 113 cm³/mol. The monoisotopic (exact) mass is 385 g/mol. The molecule has 0 saturated carbocycles. The van der Waals surface area contributed by atoms with Crippen LogP contribution in [0, 0.1) is 0 Å². The molecular weight excluding hydrogens is 354 g/mol. The van der Waals surface area contributed by atoms with E-state index in [-0.39, 0.29) is 11.8 Å². The van der Waals surface area contributed by atoms with Crippen LogP contribution in [0.2, 0.25) is 0 Å². The Morgan fingerprint density at radius 3 is 1.93 bits per heavy atom. The molecule has 146 valence electrons. The molecule has 3 nitrogen and oxygen atoms in total. The van der Waals surface area contributed by atoms with Crippen LogP contribution >= 0.6 is 0 Å². The highest BCUT2D eigenvalue weighted by Gasteiger charge is 2.35. The zero-order chi connectivity index (χ0) is 19.9. The minimum absolute atomic E-state index is 0.142. The number of rotatable bonds is 5. The van der Waals surface area contributed by atoms with Crippen LogP contribution in [0.4, 0.5) is 5.69 Å². The van der Waals surface area contributed by atoms with Crippen molar-refractivity contribution in [1.29, 1.82) is 0 Å². The summed E-state index contributed by atoms with van der Waals surface area (Å²) in [6.45, 7) is 13.2. The summed E-state index contributed by atoms with van der Waals surface area (Å²) in [7, 11) is -3.61. The van der Waals surface area contributed by atoms with Crippen LogP contribution in [0.5, 0.6) is 0 Å².